The lowest BCUT2D eigenvalue weighted by atomic mass is 10.3. The fourth-order valence-electron chi connectivity index (χ4n) is 0.856. The maximum Gasteiger partial charge on any atom is 0.446 e. The molecule has 0 unspecified atom stereocenters. The van der Waals surface area contributed by atoms with Gasteiger partial charge in [0.2, 0.25) is 0 Å². The smallest absolute Gasteiger partial charge is 0.398 e. The molecule has 0 heterocycles. The van der Waals surface area contributed by atoms with E-state index in [0.717, 1.165) is 0 Å². The molecule has 0 radical (unpaired) electrons. The highest BCUT2D eigenvalue weighted by molar-refractivity contribution is 8.00. The lowest BCUT2D eigenvalue weighted by molar-refractivity contribution is -0.0327. The lowest BCUT2D eigenvalue weighted by Gasteiger charge is -2.09. The maximum atomic E-state index is 12.0. The van der Waals surface area contributed by atoms with Crippen molar-refractivity contribution in [2.24, 2.45) is 5.84 Å². The molecule has 0 spiro atoms. The van der Waals surface area contributed by atoms with Gasteiger partial charge in [-0.2, -0.15) is 13.2 Å². The van der Waals surface area contributed by atoms with E-state index in [4.69, 9.17) is 11.6 Å². The van der Waals surface area contributed by atoms with Crippen LogP contribution in [-0.4, -0.2) is 5.51 Å². The highest BCUT2D eigenvalue weighted by atomic mass is 32.2. The van der Waals surface area contributed by atoms with Gasteiger partial charge >= 0.3 is 5.51 Å². The largest absolute Gasteiger partial charge is 0.446 e. The second-order valence-corrected chi connectivity index (χ2v) is 3.55. The quantitative estimate of drug-likeness (QED) is 0.311. The van der Waals surface area contributed by atoms with Crippen LogP contribution in [0.4, 0.5) is 24.5 Å². The van der Waals surface area contributed by atoms with Crippen molar-refractivity contribution in [2.45, 2.75) is 10.4 Å². The van der Waals surface area contributed by atoms with E-state index >= 15 is 0 Å². The Morgan fingerprint density at radius 3 is 2.36 bits per heavy atom. The molecule has 0 aliphatic rings. The Balaban J connectivity index is 2.89. The van der Waals surface area contributed by atoms with Crippen molar-refractivity contribution in [1.82, 2.24) is 0 Å². The molecule has 7 heteroatoms. The van der Waals surface area contributed by atoms with Crippen molar-refractivity contribution in [2.75, 3.05) is 11.2 Å². The van der Waals surface area contributed by atoms with Gasteiger partial charge in [0.15, 0.2) is 0 Å². The number of thioether (sulfide) groups is 1. The summed E-state index contributed by atoms with van der Waals surface area (Å²) in [5.41, 5.74) is 3.86. The molecule has 1 aromatic carbocycles. The van der Waals surface area contributed by atoms with Gasteiger partial charge in [-0.05, 0) is 30.0 Å². The van der Waals surface area contributed by atoms with Crippen molar-refractivity contribution in [3.8, 4) is 0 Å². The van der Waals surface area contributed by atoms with E-state index in [1.807, 2.05) is 0 Å². The summed E-state index contributed by atoms with van der Waals surface area (Å²) in [5.74, 6) is 5.06. The summed E-state index contributed by atoms with van der Waals surface area (Å²) in [6, 6.07) is 4.03. The number of nitrogen functional groups attached to an aromatic ring is 2. The Morgan fingerprint density at radius 1 is 1.29 bits per heavy atom. The third kappa shape index (κ3) is 3.00. The van der Waals surface area contributed by atoms with Crippen molar-refractivity contribution in [3.63, 3.8) is 0 Å². The third-order valence-corrected chi connectivity index (χ3v) is 2.23. The highest BCUT2D eigenvalue weighted by Crippen LogP contribution is 2.40. The molecule has 0 amide bonds. The van der Waals surface area contributed by atoms with Crippen LogP contribution < -0.4 is 17.0 Å². The minimum absolute atomic E-state index is 0.0310. The van der Waals surface area contributed by atoms with Crippen molar-refractivity contribution in [3.05, 3.63) is 18.2 Å². The van der Waals surface area contributed by atoms with Crippen LogP contribution in [0.3, 0.4) is 0 Å². The number of hydrogen-bond donors (Lipinski definition) is 3. The minimum Gasteiger partial charge on any atom is -0.398 e. The number of nitrogens with one attached hydrogen (secondary N) is 1. The number of benzene rings is 1. The van der Waals surface area contributed by atoms with E-state index in [-0.39, 0.29) is 22.3 Å². The van der Waals surface area contributed by atoms with Gasteiger partial charge < -0.3 is 11.2 Å². The van der Waals surface area contributed by atoms with E-state index < -0.39 is 5.51 Å². The van der Waals surface area contributed by atoms with Gasteiger partial charge in [-0.15, -0.1) is 0 Å². The number of alkyl halides is 3. The first kappa shape index (κ1) is 11.0. The van der Waals surface area contributed by atoms with Gasteiger partial charge in [-0.3, -0.25) is 5.84 Å². The van der Waals surface area contributed by atoms with E-state index in [2.05, 4.69) is 5.43 Å². The molecule has 0 atom stereocenters. The summed E-state index contributed by atoms with van der Waals surface area (Å²) in [7, 11) is 0. The number of hydrazine groups is 1. The second-order valence-electron chi connectivity index (χ2n) is 2.44. The molecule has 14 heavy (non-hydrogen) atoms. The van der Waals surface area contributed by atoms with Gasteiger partial charge in [-0.25, -0.2) is 0 Å². The SMILES string of the molecule is NNc1ccc(SC(F)(F)F)c(N)c1. The molecule has 1 aromatic rings. The third-order valence-electron chi connectivity index (χ3n) is 1.40. The molecule has 0 saturated heterocycles. The average molecular weight is 223 g/mol. The first-order valence-electron chi connectivity index (χ1n) is 3.54. The van der Waals surface area contributed by atoms with Crippen LogP contribution >= 0.6 is 11.8 Å². The van der Waals surface area contributed by atoms with Gasteiger partial charge in [0.05, 0.1) is 5.69 Å². The number of anilines is 2. The number of nitrogens with two attached hydrogens (primary N) is 2. The Labute approximate surface area is 82.6 Å². The molecular formula is C7H8F3N3S. The number of hydrogen-bond acceptors (Lipinski definition) is 4. The van der Waals surface area contributed by atoms with Crippen LogP contribution in [-0.2, 0) is 0 Å². The summed E-state index contributed by atoms with van der Waals surface area (Å²) >= 11 is -0.247. The molecule has 3 nitrogen and oxygen atoms in total. The van der Waals surface area contributed by atoms with Crippen molar-refractivity contribution >= 4 is 23.1 Å². The minimum atomic E-state index is -4.33. The lowest BCUT2D eigenvalue weighted by Crippen LogP contribution is -2.07. The summed E-state index contributed by atoms with van der Waals surface area (Å²) in [6.07, 6.45) is 0. The Bertz CT molecular complexity index is 326. The Hall–Kier alpha value is -1.08. The summed E-state index contributed by atoms with van der Waals surface area (Å²) < 4.78 is 35.9. The van der Waals surface area contributed by atoms with Crippen LogP contribution in [0.25, 0.3) is 0 Å². The van der Waals surface area contributed by atoms with Crippen LogP contribution in [0.15, 0.2) is 23.1 Å². The summed E-state index contributed by atoms with van der Waals surface area (Å²) in [6.45, 7) is 0. The molecule has 5 N–H and O–H groups in total. The second kappa shape index (κ2) is 3.97. The fraction of sp³-hybridized carbons (Fsp3) is 0.143. The normalized spacial score (nSPS) is 11.4. The molecule has 0 aliphatic heterocycles. The van der Waals surface area contributed by atoms with Gasteiger partial charge in [0.25, 0.3) is 0 Å². The van der Waals surface area contributed by atoms with Crippen molar-refractivity contribution < 1.29 is 13.2 Å². The van der Waals surface area contributed by atoms with Crippen LogP contribution in [0.2, 0.25) is 0 Å². The van der Waals surface area contributed by atoms with Crippen LogP contribution in [0, 0.1) is 0 Å². The molecule has 0 aromatic heterocycles. The topological polar surface area (TPSA) is 64.1 Å². The molecule has 1 rings (SSSR count). The van der Waals surface area contributed by atoms with E-state index in [0.29, 0.717) is 5.69 Å². The molecule has 0 saturated carbocycles. The Kier molecular flexibility index (Phi) is 3.12. The molecule has 0 fully saturated rings. The van der Waals surface area contributed by atoms with Gasteiger partial charge in [0.1, 0.15) is 0 Å². The predicted octanol–water partition coefficient (Wildman–Crippen LogP) is 2.17. The number of rotatable bonds is 2. The van der Waals surface area contributed by atoms with E-state index in [9.17, 15) is 13.2 Å². The Morgan fingerprint density at radius 2 is 1.93 bits per heavy atom. The first-order valence-corrected chi connectivity index (χ1v) is 4.36. The fourth-order valence-corrected chi connectivity index (χ4v) is 1.42. The summed E-state index contributed by atoms with van der Waals surface area (Å²) in [5, 5.41) is 0. The molecule has 0 bridgehead atoms. The van der Waals surface area contributed by atoms with Crippen LogP contribution in [0.5, 0.6) is 0 Å². The predicted molar refractivity (Wildman–Crippen MR) is 50.6 cm³/mol. The van der Waals surface area contributed by atoms with Gasteiger partial charge in [-0.1, -0.05) is 0 Å². The van der Waals surface area contributed by atoms with Crippen LogP contribution in [0.1, 0.15) is 0 Å². The number of halogens is 3. The zero-order valence-electron chi connectivity index (χ0n) is 6.93. The first-order chi connectivity index (χ1) is 6.42. The molecule has 0 aliphatic carbocycles. The highest BCUT2D eigenvalue weighted by Gasteiger charge is 2.30. The summed E-state index contributed by atoms with van der Waals surface area (Å²) in [4.78, 5) is -0.0310. The van der Waals surface area contributed by atoms with E-state index in [1.165, 1.54) is 18.2 Å². The van der Waals surface area contributed by atoms with Crippen molar-refractivity contribution in [1.29, 1.82) is 0 Å². The average Bonchev–Trinajstić information content (AvgIpc) is 2.06. The van der Waals surface area contributed by atoms with Gasteiger partial charge in [0, 0.05) is 10.6 Å². The zero-order chi connectivity index (χ0) is 10.8. The molecular weight excluding hydrogens is 215 g/mol. The zero-order valence-corrected chi connectivity index (χ0v) is 7.75. The standard InChI is InChI=1S/C7H8F3N3S/c8-7(9,10)14-6-2-1-4(13-12)3-5(6)11/h1-3,13H,11-12H2. The molecule has 78 valence electrons. The monoisotopic (exact) mass is 223 g/mol. The van der Waals surface area contributed by atoms with E-state index in [1.54, 1.807) is 0 Å². The maximum absolute atomic E-state index is 12.0.